The number of ether oxygens (including phenoxy) is 1. The van der Waals surface area contributed by atoms with Crippen molar-refractivity contribution in [2.24, 2.45) is 5.41 Å². The number of hydrogen-bond acceptors (Lipinski definition) is 3. The maximum atomic E-state index is 10.7. The lowest BCUT2D eigenvalue weighted by Gasteiger charge is -2.19. The van der Waals surface area contributed by atoms with Gasteiger partial charge in [-0.3, -0.25) is 4.79 Å². The van der Waals surface area contributed by atoms with Crippen LogP contribution >= 0.6 is 0 Å². The Morgan fingerprint density at radius 3 is 2.47 bits per heavy atom. The second kappa shape index (κ2) is 6.80. The van der Waals surface area contributed by atoms with Gasteiger partial charge >= 0.3 is 5.97 Å². The maximum absolute atomic E-state index is 10.7. The third-order valence-corrected chi connectivity index (χ3v) is 2.03. The zero-order valence-electron chi connectivity index (χ0n) is 10.2. The van der Waals surface area contributed by atoms with Gasteiger partial charge in [0.05, 0.1) is 6.61 Å². The molecule has 0 aromatic carbocycles. The second-order valence-corrected chi connectivity index (χ2v) is 4.83. The molecule has 0 aliphatic heterocycles. The predicted octanol–water partition coefficient (Wildman–Crippen LogP) is 1.50. The molecule has 90 valence electrons. The third-order valence-electron chi connectivity index (χ3n) is 2.03. The maximum Gasteiger partial charge on any atom is 0.323 e. The lowest BCUT2D eigenvalue weighted by molar-refractivity contribution is -0.141. The fourth-order valence-electron chi connectivity index (χ4n) is 1.04. The van der Waals surface area contributed by atoms with Crippen molar-refractivity contribution in [3.05, 3.63) is 0 Å². The Labute approximate surface area is 92.0 Å². The molecule has 0 spiro atoms. The van der Waals surface area contributed by atoms with E-state index in [2.05, 4.69) is 26.1 Å². The van der Waals surface area contributed by atoms with Gasteiger partial charge in [0.1, 0.15) is 6.04 Å². The SMILES string of the molecule is CCNC(COCCC(C)(C)C)C(=O)O. The van der Waals surface area contributed by atoms with Crippen molar-refractivity contribution in [3.63, 3.8) is 0 Å². The fourth-order valence-corrected chi connectivity index (χ4v) is 1.04. The second-order valence-electron chi connectivity index (χ2n) is 4.83. The molecule has 0 fully saturated rings. The van der Waals surface area contributed by atoms with Gasteiger partial charge in [0.2, 0.25) is 0 Å². The standard InChI is InChI=1S/C11H23NO3/c1-5-12-9(10(13)14)8-15-7-6-11(2,3)4/h9,12H,5-8H2,1-4H3,(H,13,14). The zero-order valence-corrected chi connectivity index (χ0v) is 10.2. The van der Waals surface area contributed by atoms with E-state index in [0.29, 0.717) is 13.2 Å². The van der Waals surface area contributed by atoms with E-state index in [-0.39, 0.29) is 12.0 Å². The van der Waals surface area contributed by atoms with E-state index >= 15 is 0 Å². The largest absolute Gasteiger partial charge is 0.480 e. The summed E-state index contributed by atoms with van der Waals surface area (Å²) in [5, 5.41) is 11.7. The first-order valence-corrected chi connectivity index (χ1v) is 5.40. The molecule has 0 saturated heterocycles. The van der Waals surface area contributed by atoms with Crippen LogP contribution in [-0.4, -0.2) is 36.9 Å². The summed E-state index contributed by atoms with van der Waals surface area (Å²) in [6, 6.07) is -0.588. The minimum atomic E-state index is -0.854. The molecule has 4 nitrogen and oxygen atoms in total. The number of carbonyl (C=O) groups is 1. The predicted molar refractivity (Wildman–Crippen MR) is 60.0 cm³/mol. The summed E-state index contributed by atoms with van der Waals surface area (Å²) in [4.78, 5) is 10.7. The van der Waals surface area contributed by atoms with Crippen LogP contribution in [0.2, 0.25) is 0 Å². The molecule has 2 N–H and O–H groups in total. The lowest BCUT2D eigenvalue weighted by Crippen LogP contribution is -2.40. The minimum absolute atomic E-state index is 0.233. The van der Waals surface area contributed by atoms with Crippen molar-refractivity contribution in [2.45, 2.75) is 40.2 Å². The first-order valence-electron chi connectivity index (χ1n) is 5.40. The number of hydrogen-bond donors (Lipinski definition) is 2. The van der Waals surface area contributed by atoms with E-state index < -0.39 is 12.0 Å². The van der Waals surface area contributed by atoms with Crippen LogP contribution in [0.5, 0.6) is 0 Å². The summed E-state index contributed by atoms with van der Waals surface area (Å²) in [5.74, 6) is -0.854. The van der Waals surface area contributed by atoms with Gasteiger partial charge in [0.15, 0.2) is 0 Å². The van der Waals surface area contributed by atoms with E-state index in [1.807, 2.05) is 6.92 Å². The monoisotopic (exact) mass is 217 g/mol. The van der Waals surface area contributed by atoms with Crippen LogP contribution in [0.3, 0.4) is 0 Å². The lowest BCUT2D eigenvalue weighted by atomic mass is 9.93. The topological polar surface area (TPSA) is 58.6 Å². The van der Waals surface area contributed by atoms with E-state index in [4.69, 9.17) is 9.84 Å². The summed E-state index contributed by atoms with van der Waals surface area (Å²) < 4.78 is 5.34. The van der Waals surface area contributed by atoms with Crippen molar-refractivity contribution in [3.8, 4) is 0 Å². The Morgan fingerprint density at radius 1 is 1.47 bits per heavy atom. The first kappa shape index (κ1) is 14.4. The Morgan fingerprint density at radius 2 is 2.07 bits per heavy atom. The molecule has 0 aromatic rings. The summed E-state index contributed by atoms with van der Waals surface area (Å²) >= 11 is 0. The Kier molecular flexibility index (Phi) is 6.52. The van der Waals surface area contributed by atoms with Gasteiger partial charge in [-0.05, 0) is 18.4 Å². The van der Waals surface area contributed by atoms with E-state index in [0.717, 1.165) is 6.42 Å². The molecular weight excluding hydrogens is 194 g/mol. The van der Waals surface area contributed by atoms with Gasteiger partial charge in [-0.2, -0.15) is 0 Å². The molecule has 15 heavy (non-hydrogen) atoms. The van der Waals surface area contributed by atoms with Crippen LogP contribution in [-0.2, 0) is 9.53 Å². The van der Waals surface area contributed by atoms with Gasteiger partial charge in [-0.15, -0.1) is 0 Å². The van der Waals surface area contributed by atoms with Crippen molar-refractivity contribution in [1.82, 2.24) is 5.32 Å². The first-order chi connectivity index (χ1) is 6.87. The smallest absolute Gasteiger partial charge is 0.323 e. The molecule has 0 bridgehead atoms. The van der Waals surface area contributed by atoms with E-state index in [9.17, 15) is 4.79 Å². The molecule has 0 rings (SSSR count). The highest BCUT2D eigenvalue weighted by atomic mass is 16.5. The molecule has 1 atom stereocenters. The van der Waals surface area contributed by atoms with Crippen molar-refractivity contribution < 1.29 is 14.6 Å². The van der Waals surface area contributed by atoms with E-state index in [1.165, 1.54) is 0 Å². The quantitative estimate of drug-likeness (QED) is 0.634. The van der Waals surface area contributed by atoms with Crippen molar-refractivity contribution in [2.75, 3.05) is 19.8 Å². The van der Waals surface area contributed by atoms with Crippen molar-refractivity contribution >= 4 is 5.97 Å². The summed E-state index contributed by atoms with van der Waals surface area (Å²) in [6.07, 6.45) is 0.936. The summed E-state index contributed by atoms with van der Waals surface area (Å²) in [5.41, 5.74) is 0.233. The summed E-state index contributed by atoms with van der Waals surface area (Å²) in [6.45, 7) is 9.77. The molecule has 0 amide bonds. The Balaban J connectivity index is 3.67. The van der Waals surface area contributed by atoms with Gasteiger partial charge in [0, 0.05) is 6.61 Å². The number of likely N-dealkylation sites (N-methyl/N-ethyl adjacent to an activating group) is 1. The number of nitrogens with one attached hydrogen (secondary N) is 1. The highest BCUT2D eigenvalue weighted by molar-refractivity contribution is 5.73. The van der Waals surface area contributed by atoms with Gasteiger partial charge in [-0.25, -0.2) is 0 Å². The number of carboxylic acid groups (broad SMARTS) is 1. The zero-order chi connectivity index (χ0) is 11.9. The average molecular weight is 217 g/mol. The van der Waals surface area contributed by atoms with Crippen LogP contribution in [0.1, 0.15) is 34.1 Å². The third kappa shape index (κ3) is 8.39. The van der Waals surface area contributed by atoms with Crippen LogP contribution < -0.4 is 5.32 Å². The highest BCUT2D eigenvalue weighted by Gasteiger charge is 2.16. The molecule has 0 aliphatic rings. The van der Waals surface area contributed by atoms with Crippen LogP contribution in [0, 0.1) is 5.41 Å². The van der Waals surface area contributed by atoms with Crippen LogP contribution in [0.4, 0.5) is 0 Å². The summed E-state index contributed by atoms with van der Waals surface area (Å²) in [7, 11) is 0. The number of rotatable bonds is 7. The molecule has 0 saturated carbocycles. The minimum Gasteiger partial charge on any atom is -0.480 e. The number of carboxylic acids is 1. The van der Waals surface area contributed by atoms with Crippen molar-refractivity contribution in [1.29, 1.82) is 0 Å². The van der Waals surface area contributed by atoms with Gasteiger partial charge < -0.3 is 15.2 Å². The highest BCUT2D eigenvalue weighted by Crippen LogP contribution is 2.17. The van der Waals surface area contributed by atoms with Gasteiger partial charge in [-0.1, -0.05) is 27.7 Å². The molecule has 0 radical (unpaired) electrons. The van der Waals surface area contributed by atoms with E-state index in [1.54, 1.807) is 0 Å². The van der Waals surface area contributed by atoms with Crippen LogP contribution in [0.15, 0.2) is 0 Å². The molecule has 4 heteroatoms. The molecule has 1 unspecified atom stereocenters. The van der Waals surface area contributed by atoms with Gasteiger partial charge in [0.25, 0.3) is 0 Å². The number of aliphatic carboxylic acids is 1. The molecule has 0 aliphatic carbocycles. The molecular formula is C11H23NO3. The normalized spacial score (nSPS) is 13.9. The van der Waals surface area contributed by atoms with Crippen LogP contribution in [0.25, 0.3) is 0 Å². The fraction of sp³-hybridized carbons (Fsp3) is 0.909. The molecule has 0 aromatic heterocycles. The Hall–Kier alpha value is -0.610. The average Bonchev–Trinajstić information content (AvgIpc) is 2.08. The Bertz CT molecular complexity index is 187. The molecule has 0 heterocycles.